The molecule has 0 aromatic carbocycles. The molecular weight excluding hydrogens is 218 g/mol. The van der Waals surface area contributed by atoms with Gasteiger partial charge in [-0.15, -0.1) is 11.3 Å². The van der Waals surface area contributed by atoms with Crippen LogP contribution in [-0.4, -0.2) is 29.7 Å². The molecule has 1 heterocycles. The van der Waals surface area contributed by atoms with E-state index in [9.17, 15) is 9.59 Å². The molecule has 0 unspecified atom stereocenters. The third kappa shape index (κ3) is 3.90. The highest BCUT2D eigenvalue weighted by Crippen LogP contribution is 2.09. The van der Waals surface area contributed by atoms with Gasteiger partial charge in [0.2, 0.25) is 0 Å². The van der Waals surface area contributed by atoms with Gasteiger partial charge in [0.25, 0.3) is 0 Å². The van der Waals surface area contributed by atoms with Crippen molar-refractivity contribution in [3.8, 4) is 0 Å². The van der Waals surface area contributed by atoms with Gasteiger partial charge in [-0.1, -0.05) is 11.2 Å². The van der Waals surface area contributed by atoms with Crippen LogP contribution in [-0.2, 0) is 14.4 Å². The summed E-state index contributed by atoms with van der Waals surface area (Å²) < 4.78 is 0. The Kier molecular flexibility index (Phi) is 4.49. The summed E-state index contributed by atoms with van der Waals surface area (Å²) >= 11 is 1.36. The van der Waals surface area contributed by atoms with Crippen molar-refractivity contribution < 1.29 is 19.5 Å². The fraction of sp³-hybridized carbons (Fsp3) is 0.222. The van der Waals surface area contributed by atoms with Crippen molar-refractivity contribution in [2.45, 2.75) is 6.42 Å². The van der Waals surface area contributed by atoms with E-state index < -0.39 is 5.97 Å². The number of rotatable bonds is 6. The van der Waals surface area contributed by atoms with Crippen molar-refractivity contribution in [1.29, 1.82) is 0 Å². The van der Waals surface area contributed by atoms with Crippen molar-refractivity contribution in [3.63, 3.8) is 0 Å². The zero-order chi connectivity index (χ0) is 11.1. The number of hydrogen-bond donors (Lipinski definition) is 1. The summed E-state index contributed by atoms with van der Waals surface area (Å²) in [5.41, 5.74) is 0.176. The monoisotopic (exact) mass is 227 g/mol. The first-order valence-electron chi connectivity index (χ1n) is 4.15. The molecule has 1 rings (SSSR count). The molecule has 0 aliphatic rings. The predicted molar refractivity (Wildman–Crippen MR) is 55.1 cm³/mol. The molecule has 1 aromatic rings. The van der Waals surface area contributed by atoms with Crippen LogP contribution in [0.1, 0.15) is 11.3 Å². The summed E-state index contributed by atoms with van der Waals surface area (Å²) in [6.45, 7) is -0.0436. The minimum absolute atomic E-state index is 0.0436. The molecule has 1 aromatic heterocycles. The molecule has 6 heteroatoms. The number of thiophene rings is 1. The van der Waals surface area contributed by atoms with Gasteiger partial charge in [-0.2, -0.15) is 0 Å². The number of aliphatic carboxylic acids is 1. The van der Waals surface area contributed by atoms with E-state index in [1.165, 1.54) is 11.3 Å². The summed E-state index contributed by atoms with van der Waals surface area (Å²) in [4.78, 5) is 26.2. The van der Waals surface area contributed by atoms with E-state index in [1.54, 1.807) is 12.1 Å². The number of carboxylic acid groups (broad SMARTS) is 1. The Morgan fingerprint density at radius 3 is 3.00 bits per heavy atom. The van der Waals surface area contributed by atoms with Gasteiger partial charge in [0.15, 0.2) is 12.0 Å². The fourth-order valence-electron chi connectivity index (χ4n) is 0.797. The first-order valence-corrected chi connectivity index (χ1v) is 5.03. The lowest BCUT2D eigenvalue weighted by Gasteiger charge is -1.97. The number of aldehydes is 1. The number of carboxylic acids is 1. The lowest BCUT2D eigenvalue weighted by atomic mass is 10.3. The molecule has 0 amide bonds. The molecule has 0 saturated carbocycles. The zero-order valence-corrected chi connectivity index (χ0v) is 8.57. The van der Waals surface area contributed by atoms with Crippen LogP contribution < -0.4 is 0 Å². The van der Waals surface area contributed by atoms with Crippen LogP contribution in [0.5, 0.6) is 0 Å². The second-order valence-electron chi connectivity index (χ2n) is 2.55. The van der Waals surface area contributed by atoms with Gasteiger partial charge in [0, 0.05) is 0 Å². The second kappa shape index (κ2) is 5.92. The molecule has 1 N–H and O–H groups in total. The fourth-order valence-corrected chi connectivity index (χ4v) is 1.46. The normalized spacial score (nSPS) is 11.1. The van der Waals surface area contributed by atoms with Crippen molar-refractivity contribution in [2.24, 2.45) is 5.16 Å². The van der Waals surface area contributed by atoms with Gasteiger partial charge in [-0.05, 0) is 11.4 Å². The number of oxime groups is 1. The molecular formula is C9H9NO4S. The number of hydrogen-bond acceptors (Lipinski definition) is 5. The number of nitrogens with zero attached hydrogens (tertiary/aromatic N) is 1. The largest absolute Gasteiger partial charge is 0.481 e. The first kappa shape index (κ1) is 11.4. The Morgan fingerprint density at radius 1 is 1.67 bits per heavy atom. The minimum atomic E-state index is -0.964. The minimum Gasteiger partial charge on any atom is -0.481 e. The van der Waals surface area contributed by atoms with Gasteiger partial charge in [0.05, 0.1) is 11.3 Å². The Balaban J connectivity index is 2.49. The third-order valence-electron chi connectivity index (χ3n) is 1.46. The lowest BCUT2D eigenvalue weighted by Crippen LogP contribution is -2.04. The highest BCUT2D eigenvalue weighted by atomic mass is 32.1. The van der Waals surface area contributed by atoms with Crippen LogP contribution in [0.4, 0.5) is 0 Å². The van der Waals surface area contributed by atoms with Crippen molar-refractivity contribution >= 4 is 29.3 Å². The van der Waals surface area contributed by atoms with Crippen LogP contribution >= 0.6 is 11.3 Å². The summed E-state index contributed by atoms with van der Waals surface area (Å²) in [5.74, 6) is -0.964. The lowest BCUT2D eigenvalue weighted by molar-refractivity contribution is -0.138. The van der Waals surface area contributed by atoms with E-state index in [1.807, 2.05) is 5.38 Å². The Hall–Kier alpha value is -1.69. The molecule has 0 atom stereocenters. The van der Waals surface area contributed by atoms with Gasteiger partial charge >= 0.3 is 5.97 Å². The van der Waals surface area contributed by atoms with Gasteiger partial charge in [-0.3, -0.25) is 9.59 Å². The predicted octanol–water partition coefficient (Wildman–Crippen LogP) is 1.14. The molecule has 80 valence electrons. The van der Waals surface area contributed by atoms with Crippen molar-refractivity contribution in [2.75, 3.05) is 6.61 Å². The summed E-state index contributed by atoms with van der Waals surface area (Å²) in [6.07, 6.45) is 0.437. The Labute approximate surface area is 90.0 Å². The Bertz CT molecular complexity index is 358. The molecule has 0 spiro atoms. The maximum absolute atomic E-state index is 10.6. The number of carbonyl (C=O) groups excluding carboxylic acids is 1. The van der Waals surface area contributed by atoms with Gasteiger partial charge in [-0.25, -0.2) is 0 Å². The topological polar surface area (TPSA) is 76.0 Å². The average molecular weight is 227 g/mol. The molecule has 0 aliphatic carbocycles. The zero-order valence-electron chi connectivity index (χ0n) is 7.75. The average Bonchev–Trinajstić information content (AvgIpc) is 2.70. The Morgan fingerprint density at radius 2 is 2.47 bits per heavy atom. The maximum Gasteiger partial charge on any atom is 0.306 e. The molecule has 5 nitrogen and oxygen atoms in total. The quantitative estimate of drug-likeness (QED) is 0.342. The van der Waals surface area contributed by atoms with Crippen molar-refractivity contribution in [3.05, 3.63) is 22.4 Å². The van der Waals surface area contributed by atoms with E-state index in [-0.39, 0.29) is 18.7 Å². The van der Waals surface area contributed by atoms with Crippen LogP contribution in [0.2, 0.25) is 0 Å². The molecule has 0 fully saturated rings. The molecule has 0 saturated heterocycles. The summed E-state index contributed by atoms with van der Waals surface area (Å²) in [6, 6.07) is 3.52. The standard InChI is InChI=1S/C9H9NO4S/c11-6-7(8-2-1-5-15-8)10-14-4-3-9(12)13/h1-2,5-6H,3-4H2,(H,12,13)/b10-7+. The molecule has 0 bridgehead atoms. The number of carbonyl (C=O) groups is 2. The third-order valence-corrected chi connectivity index (χ3v) is 2.35. The second-order valence-corrected chi connectivity index (χ2v) is 3.50. The summed E-state index contributed by atoms with van der Waals surface area (Å²) in [7, 11) is 0. The smallest absolute Gasteiger partial charge is 0.306 e. The van der Waals surface area contributed by atoms with Crippen LogP contribution in [0.15, 0.2) is 22.7 Å². The first-order chi connectivity index (χ1) is 7.24. The van der Waals surface area contributed by atoms with Crippen LogP contribution in [0, 0.1) is 0 Å². The van der Waals surface area contributed by atoms with Gasteiger partial charge in [0.1, 0.15) is 6.61 Å². The van der Waals surface area contributed by atoms with Crippen LogP contribution in [0.25, 0.3) is 0 Å². The van der Waals surface area contributed by atoms with E-state index in [0.29, 0.717) is 11.2 Å². The van der Waals surface area contributed by atoms with E-state index in [2.05, 4.69) is 5.16 Å². The highest BCUT2D eigenvalue weighted by Gasteiger charge is 2.03. The molecule has 0 radical (unpaired) electrons. The maximum atomic E-state index is 10.6. The van der Waals surface area contributed by atoms with E-state index in [4.69, 9.17) is 9.94 Å². The van der Waals surface area contributed by atoms with E-state index >= 15 is 0 Å². The summed E-state index contributed by atoms with van der Waals surface area (Å²) in [5, 5.41) is 13.7. The molecule has 0 aliphatic heterocycles. The SMILES string of the molecule is O=C/C(=N\OCCC(=O)O)c1cccs1. The van der Waals surface area contributed by atoms with E-state index in [0.717, 1.165) is 0 Å². The molecule has 15 heavy (non-hydrogen) atoms. The highest BCUT2D eigenvalue weighted by molar-refractivity contribution is 7.12. The van der Waals surface area contributed by atoms with Crippen molar-refractivity contribution in [1.82, 2.24) is 0 Å². The van der Waals surface area contributed by atoms with Crippen LogP contribution in [0.3, 0.4) is 0 Å². The van der Waals surface area contributed by atoms with Gasteiger partial charge < -0.3 is 9.94 Å².